The number of nitrogens with zero attached hydrogens (tertiary/aromatic N) is 2. The second-order valence-corrected chi connectivity index (χ2v) is 3.27. The second-order valence-electron chi connectivity index (χ2n) is 3.27. The van der Waals surface area contributed by atoms with Gasteiger partial charge in [0, 0.05) is 11.9 Å². The smallest absolute Gasteiger partial charge is 0.182 e. The van der Waals surface area contributed by atoms with Crippen molar-refractivity contribution in [3.63, 3.8) is 0 Å². The molecule has 0 aliphatic carbocycles. The van der Waals surface area contributed by atoms with Gasteiger partial charge in [-0.15, -0.1) is 0 Å². The molecule has 0 saturated heterocycles. The summed E-state index contributed by atoms with van der Waals surface area (Å²) in [6, 6.07) is 8.71. The lowest BCUT2D eigenvalue weighted by Gasteiger charge is -2.07. The summed E-state index contributed by atoms with van der Waals surface area (Å²) < 4.78 is 26.3. The Hall–Kier alpha value is -2.48. The number of anilines is 2. The number of nitriles is 1. The van der Waals surface area contributed by atoms with E-state index in [9.17, 15) is 8.78 Å². The molecule has 1 N–H and O–H groups in total. The number of hydrogen-bond acceptors (Lipinski definition) is 3. The summed E-state index contributed by atoms with van der Waals surface area (Å²) >= 11 is 0. The first kappa shape index (κ1) is 11.0. The summed E-state index contributed by atoms with van der Waals surface area (Å²) in [5.74, 6) is -1.88. The van der Waals surface area contributed by atoms with E-state index in [1.807, 2.05) is 6.07 Å². The van der Waals surface area contributed by atoms with Crippen molar-refractivity contribution >= 4 is 11.4 Å². The highest BCUT2D eigenvalue weighted by Gasteiger charge is 2.07. The Labute approximate surface area is 96.3 Å². The van der Waals surface area contributed by atoms with E-state index >= 15 is 0 Å². The first-order valence-electron chi connectivity index (χ1n) is 4.78. The topological polar surface area (TPSA) is 48.7 Å². The van der Waals surface area contributed by atoms with Gasteiger partial charge in [0.2, 0.25) is 0 Å². The lowest BCUT2D eigenvalue weighted by Crippen LogP contribution is -1.96. The summed E-state index contributed by atoms with van der Waals surface area (Å²) in [5, 5.41) is 11.3. The predicted octanol–water partition coefficient (Wildman–Crippen LogP) is 2.98. The van der Waals surface area contributed by atoms with E-state index in [-0.39, 0.29) is 11.4 Å². The van der Waals surface area contributed by atoms with E-state index in [1.54, 1.807) is 6.07 Å². The van der Waals surface area contributed by atoms with E-state index < -0.39 is 11.6 Å². The van der Waals surface area contributed by atoms with Crippen LogP contribution < -0.4 is 5.32 Å². The van der Waals surface area contributed by atoms with Crippen molar-refractivity contribution in [1.82, 2.24) is 4.98 Å². The molecule has 0 radical (unpaired) electrons. The van der Waals surface area contributed by atoms with E-state index in [2.05, 4.69) is 10.3 Å². The van der Waals surface area contributed by atoms with Gasteiger partial charge in [-0.2, -0.15) is 5.26 Å². The highest BCUT2D eigenvalue weighted by atomic mass is 19.2. The molecule has 0 aliphatic rings. The van der Waals surface area contributed by atoms with Crippen LogP contribution in [-0.2, 0) is 0 Å². The van der Waals surface area contributed by atoms with Gasteiger partial charge in [-0.1, -0.05) is 6.07 Å². The number of aromatic nitrogens is 1. The third-order valence-electron chi connectivity index (χ3n) is 2.11. The predicted molar refractivity (Wildman–Crippen MR) is 58.6 cm³/mol. The van der Waals surface area contributed by atoms with Gasteiger partial charge in [0.25, 0.3) is 0 Å². The maximum atomic E-state index is 13.4. The molecule has 0 spiro atoms. The molecule has 2 rings (SSSR count). The van der Waals surface area contributed by atoms with Gasteiger partial charge in [0.15, 0.2) is 11.6 Å². The minimum atomic E-state index is -0.956. The van der Waals surface area contributed by atoms with Crippen LogP contribution in [-0.4, -0.2) is 4.98 Å². The van der Waals surface area contributed by atoms with Crippen LogP contribution in [0.5, 0.6) is 0 Å². The van der Waals surface area contributed by atoms with Crippen LogP contribution in [0.3, 0.4) is 0 Å². The fraction of sp³-hybridized carbons (Fsp3) is 0. The first-order valence-corrected chi connectivity index (χ1v) is 4.78. The van der Waals surface area contributed by atoms with Gasteiger partial charge >= 0.3 is 0 Å². The SMILES string of the molecule is N#Cc1cc(Nc2cccc(F)c2F)ccn1. The number of hydrogen-bond donors (Lipinski definition) is 1. The summed E-state index contributed by atoms with van der Waals surface area (Å²) in [6.45, 7) is 0. The molecule has 0 saturated carbocycles. The molecule has 1 aromatic carbocycles. The molecule has 0 bridgehead atoms. The molecule has 3 nitrogen and oxygen atoms in total. The van der Waals surface area contributed by atoms with Gasteiger partial charge in [-0.3, -0.25) is 0 Å². The van der Waals surface area contributed by atoms with Crippen molar-refractivity contribution in [1.29, 1.82) is 5.26 Å². The third kappa shape index (κ3) is 2.37. The molecule has 1 heterocycles. The molecule has 0 aliphatic heterocycles. The Bertz CT molecular complexity index is 591. The quantitative estimate of drug-likeness (QED) is 0.864. The summed E-state index contributed by atoms with van der Waals surface area (Å²) in [6.07, 6.45) is 1.41. The Kier molecular flexibility index (Phi) is 2.97. The minimum Gasteiger partial charge on any atom is -0.353 e. The van der Waals surface area contributed by atoms with Gasteiger partial charge in [-0.05, 0) is 24.3 Å². The fourth-order valence-electron chi connectivity index (χ4n) is 1.33. The molecule has 0 unspecified atom stereocenters. The first-order chi connectivity index (χ1) is 8.20. The average Bonchev–Trinajstić information content (AvgIpc) is 2.35. The maximum Gasteiger partial charge on any atom is 0.182 e. The van der Waals surface area contributed by atoms with Crippen molar-refractivity contribution in [2.45, 2.75) is 0 Å². The number of nitrogens with one attached hydrogen (secondary N) is 1. The van der Waals surface area contributed by atoms with Crippen LogP contribution in [0.1, 0.15) is 5.69 Å². The summed E-state index contributed by atoms with van der Waals surface area (Å²) in [4.78, 5) is 3.77. The molecule has 2 aromatic rings. The number of pyridine rings is 1. The normalized spacial score (nSPS) is 9.71. The Balaban J connectivity index is 2.32. The molecule has 0 amide bonds. The minimum absolute atomic E-state index is 0.0140. The second kappa shape index (κ2) is 4.58. The van der Waals surface area contributed by atoms with Gasteiger partial charge < -0.3 is 5.32 Å². The van der Waals surface area contributed by atoms with Crippen LogP contribution in [0.4, 0.5) is 20.2 Å². The summed E-state index contributed by atoms with van der Waals surface area (Å²) in [7, 11) is 0. The molecule has 5 heteroatoms. The maximum absolute atomic E-state index is 13.4. The van der Waals surface area contributed by atoms with Crippen molar-refractivity contribution in [2.75, 3.05) is 5.32 Å². The molecule has 17 heavy (non-hydrogen) atoms. The zero-order valence-electron chi connectivity index (χ0n) is 8.61. The van der Waals surface area contributed by atoms with Crippen LogP contribution in [0.15, 0.2) is 36.5 Å². The average molecular weight is 231 g/mol. The monoisotopic (exact) mass is 231 g/mol. The number of halogens is 2. The van der Waals surface area contributed by atoms with Crippen molar-refractivity contribution < 1.29 is 8.78 Å². The molecule has 0 fully saturated rings. The summed E-state index contributed by atoms with van der Waals surface area (Å²) in [5.41, 5.74) is 0.688. The fourth-order valence-corrected chi connectivity index (χ4v) is 1.33. The number of rotatable bonds is 2. The molecule has 1 aromatic heterocycles. The van der Waals surface area contributed by atoms with Crippen LogP contribution >= 0.6 is 0 Å². The Morgan fingerprint density at radius 1 is 1.24 bits per heavy atom. The van der Waals surface area contributed by atoms with Crippen LogP contribution in [0.2, 0.25) is 0 Å². The zero-order chi connectivity index (χ0) is 12.3. The van der Waals surface area contributed by atoms with E-state index in [0.29, 0.717) is 5.69 Å². The number of benzene rings is 1. The Morgan fingerprint density at radius 2 is 2.06 bits per heavy atom. The van der Waals surface area contributed by atoms with Gasteiger partial charge in [-0.25, -0.2) is 13.8 Å². The Morgan fingerprint density at radius 3 is 2.82 bits per heavy atom. The lowest BCUT2D eigenvalue weighted by atomic mass is 10.2. The van der Waals surface area contributed by atoms with Crippen molar-refractivity contribution in [3.05, 3.63) is 53.9 Å². The standard InChI is InChI=1S/C12H7F2N3/c13-10-2-1-3-11(12(10)14)17-8-4-5-16-9(6-8)7-15/h1-6H,(H,16,17). The molecule has 0 atom stereocenters. The molecular formula is C12H7F2N3. The van der Waals surface area contributed by atoms with Crippen molar-refractivity contribution in [2.24, 2.45) is 0 Å². The van der Waals surface area contributed by atoms with E-state index in [4.69, 9.17) is 5.26 Å². The zero-order valence-corrected chi connectivity index (χ0v) is 8.61. The van der Waals surface area contributed by atoms with E-state index in [0.717, 1.165) is 6.07 Å². The lowest BCUT2D eigenvalue weighted by molar-refractivity contribution is 0.512. The third-order valence-corrected chi connectivity index (χ3v) is 2.11. The largest absolute Gasteiger partial charge is 0.353 e. The van der Waals surface area contributed by atoms with Crippen molar-refractivity contribution in [3.8, 4) is 6.07 Å². The van der Waals surface area contributed by atoms with Gasteiger partial charge in [0.1, 0.15) is 11.8 Å². The molecule has 84 valence electrons. The molecular weight excluding hydrogens is 224 g/mol. The highest BCUT2D eigenvalue weighted by molar-refractivity contribution is 5.60. The highest BCUT2D eigenvalue weighted by Crippen LogP contribution is 2.21. The van der Waals surface area contributed by atoms with Gasteiger partial charge in [0.05, 0.1) is 5.69 Å². The van der Waals surface area contributed by atoms with E-state index in [1.165, 1.54) is 24.4 Å². The van der Waals surface area contributed by atoms with Crippen LogP contribution in [0, 0.1) is 23.0 Å². The van der Waals surface area contributed by atoms with Crippen LogP contribution in [0.25, 0.3) is 0 Å².